The zero-order chi connectivity index (χ0) is 23.6. The molecule has 3 aromatic rings. The Morgan fingerprint density at radius 1 is 0.969 bits per heavy atom. The second-order valence-corrected chi connectivity index (χ2v) is 11.5. The molecule has 6 nitrogen and oxygen atoms in total. The van der Waals surface area contributed by atoms with Crippen molar-refractivity contribution in [2.75, 3.05) is 10.6 Å². The molecule has 0 saturated heterocycles. The Balaban J connectivity index is 1.88. The zero-order valence-electron chi connectivity index (χ0n) is 17.4. The standard InChI is InChI=1S/C22H20Cl2N2O4S2/c1-12(2)32(29,30)18-11-31-20(19(18)24)22(28)26-17-9-4-13(3)10-16(17)21(27)25-15-7-5-14(23)6-8-15/h4-12H,1-3H3,(H,25,27)(H,26,28). The first-order valence-electron chi connectivity index (χ1n) is 9.50. The molecule has 0 radical (unpaired) electrons. The van der Waals surface area contributed by atoms with Crippen LogP contribution in [0, 0.1) is 6.92 Å². The maximum absolute atomic E-state index is 12.9. The van der Waals surface area contributed by atoms with E-state index >= 15 is 0 Å². The number of anilines is 2. The van der Waals surface area contributed by atoms with Gasteiger partial charge in [0, 0.05) is 16.1 Å². The van der Waals surface area contributed by atoms with Gasteiger partial charge in [-0.2, -0.15) is 0 Å². The molecule has 0 unspecified atom stereocenters. The molecule has 3 rings (SSSR count). The highest BCUT2D eigenvalue weighted by atomic mass is 35.5. The summed E-state index contributed by atoms with van der Waals surface area (Å²) in [6.45, 7) is 4.91. The molecular formula is C22H20Cl2N2O4S2. The fraction of sp³-hybridized carbons (Fsp3) is 0.182. The quantitative estimate of drug-likeness (QED) is 0.422. The van der Waals surface area contributed by atoms with Gasteiger partial charge in [-0.25, -0.2) is 8.42 Å². The molecule has 0 saturated carbocycles. The van der Waals surface area contributed by atoms with Gasteiger partial charge in [0.25, 0.3) is 11.8 Å². The van der Waals surface area contributed by atoms with Gasteiger partial charge in [0.1, 0.15) is 4.88 Å². The summed E-state index contributed by atoms with van der Waals surface area (Å²) in [6, 6.07) is 11.6. The summed E-state index contributed by atoms with van der Waals surface area (Å²) in [4.78, 5) is 25.7. The number of nitrogens with one attached hydrogen (secondary N) is 2. The van der Waals surface area contributed by atoms with Crippen LogP contribution in [-0.2, 0) is 9.84 Å². The van der Waals surface area contributed by atoms with Gasteiger partial charge in [-0.15, -0.1) is 11.3 Å². The number of benzene rings is 2. The molecule has 0 fully saturated rings. The third-order valence-electron chi connectivity index (χ3n) is 4.60. The summed E-state index contributed by atoms with van der Waals surface area (Å²) < 4.78 is 24.9. The van der Waals surface area contributed by atoms with Crippen LogP contribution in [0.15, 0.2) is 52.7 Å². The number of sulfone groups is 1. The van der Waals surface area contributed by atoms with Crippen molar-refractivity contribution in [2.45, 2.75) is 30.9 Å². The SMILES string of the molecule is Cc1ccc(NC(=O)c2scc(S(=O)(=O)C(C)C)c2Cl)c(C(=O)Nc2ccc(Cl)cc2)c1. The highest BCUT2D eigenvalue weighted by molar-refractivity contribution is 7.92. The third-order valence-corrected chi connectivity index (χ3v) is 8.78. The Bertz CT molecular complexity index is 1280. The van der Waals surface area contributed by atoms with Crippen molar-refractivity contribution < 1.29 is 18.0 Å². The van der Waals surface area contributed by atoms with E-state index in [0.29, 0.717) is 10.7 Å². The van der Waals surface area contributed by atoms with Crippen molar-refractivity contribution in [2.24, 2.45) is 0 Å². The lowest BCUT2D eigenvalue weighted by atomic mass is 10.1. The first-order chi connectivity index (χ1) is 15.0. The van der Waals surface area contributed by atoms with Gasteiger partial charge in [-0.1, -0.05) is 34.8 Å². The topological polar surface area (TPSA) is 92.3 Å². The van der Waals surface area contributed by atoms with Crippen LogP contribution in [0.25, 0.3) is 0 Å². The van der Waals surface area contributed by atoms with Crippen LogP contribution >= 0.6 is 34.5 Å². The highest BCUT2D eigenvalue weighted by Crippen LogP contribution is 2.34. The van der Waals surface area contributed by atoms with Crippen LogP contribution in [0.2, 0.25) is 10.0 Å². The lowest BCUT2D eigenvalue weighted by molar-refractivity contribution is 0.102. The van der Waals surface area contributed by atoms with E-state index in [1.165, 1.54) is 5.38 Å². The molecule has 32 heavy (non-hydrogen) atoms. The van der Waals surface area contributed by atoms with Crippen molar-refractivity contribution in [1.29, 1.82) is 0 Å². The average Bonchev–Trinajstić information content (AvgIpc) is 3.13. The van der Waals surface area contributed by atoms with Crippen molar-refractivity contribution in [1.82, 2.24) is 0 Å². The van der Waals surface area contributed by atoms with E-state index in [2.05, 4.69) is 10.6 Å². The first kappa shape index (κ1) is 24.3. The van der Waals surface area contributed by atoms with Gasteiger partial charge in [0.05, 0.1) is 26.4 Å². The van der Waals surface area contributed by atoms with Gasteiger partial charge < -0.3 is 10.6 Å². The summed E-state index contributed by atoms with van der Waals surface area (Å²) in [6.07, 6.45) is 0. The molecule has 2 amide bonds. The Labute approximate surface area is 200 Å². The normalized spacial score (nSPS) is 11.4. The third kappa shape index (κ3) is 5.15. The minimum atomic E-state index is -3.63. The van der Waals surface area contributed by atoms with Gasteiger partial charge in [-0.05, 0) is 57.2 Å². The second-order valence-electron chi connectivity index (χ2n) is 7.30. The van der Waals surface area contributed by atoms with Gasteiger partial charge in [0.15, 0.2) is 9.84 Å². The monoisotopic (exact) mass is 510 g/mol. The first-order valence-corrected chi connectivity index (χ1v) is 12.7. The molecule has 1 heterocycles. The number of carbonyl (C=O) groups excluding carboxylic acids is 2. The van der Waals surface area contributed by atoms with E-state index in [0.717, 1.165) is 16.9 Å². The average molecular weight is 511 g/mol. The molecule has 168 valence electrons. The number of amides is 2. The van der Waals surface area contributed by atoms with Crippen molar-refractivity contribution >= 4 is 67.6 Å². The molecule has 0 aliphatic carbocycles. The molecule has 2 aromatic carbocycles. The van der Waals surface area contributed by atoms with Crippen LogP contribution < -0.4 is 10.6 Å². The van der Waals surface area contributed by atoms with Crippen LogP contribution in [-0.4, -0.2) is 25.5 Å². The number of carbonyl (C=O) groups is 2. The molecule has 0 atom stereocenters. The summed E-state index contributed by atoms with van der Waals surface area (Å²) in [5.41, 5.74) is 1.88. The number of rotatable bonds is 6. The molecule has 0 aliphatic rings. The van der Waals surface area contributed by atoms with E-state index in [4.69, 9.17) is 23.2 Å². The lowest BCUT2D eigenvalue weighted by Crippen LogP contribution is -2.18. The fourth-order valence-electron chi connectivity index (χ4n) is 2.79. The lowest BCUT2D eigenvalue weighted by Gasteiger charge is -2.12. The van der Waals surface area contributed by atoms with Crippen LogP contribution in [0.5, 0.6) is 0 Å². The highest BCUT2D eigenvalue weighted by Gasteiger charge is 2.28. The largest absolute Gasteiger partial charge is 0.322 e. The van der Waals surface area contributed by atoms with E-state index < -0.39 is 26.9 Å². The second kappa shape index (κ2) is 9.62. The Morgan fingerprint density at radius 2 is 1.62 bits per heavy atom. The number of hydrogen-bond donors (Lipinski definition) is 2. The van der Waals surface area contributed by atoms with Crippen molar-refractivity contribution in [3.05, 3.63) is 73.9 Å². The molecule has 1 aromatic heterocycles. The summed E-state index contributed by atoms with van der Waals surface area (Å²) in [5, 5.41) is 6.53. The Morgan fingerprint density at radius 3 is 2.25 bits per heavy atom. The van der Waals surface area contributed by atoms with E-state index in [9.17, 15) is 18.0 Å². The van der Waals surface area contributed by atoms with Crippen molar-refractivity contribution in [3.8, 4) is 0 Å². The van der Waals surface area contributed by atoms with Crippen LogP contribution in [0.4, 0.5) is 11.4 Å². The molecule has 10 heteroatoms. The Hall–Kier alpha value is -2.39. The molecule has 0 aliphatic heterocycles. The van der Waals surface area contributed by atoms with E-state index in [-0.39, 0.29) is 26.0 Å². The molecule has 0 bridgehead atoms. The molecular weight excluding hydrogens is 491 g/mol. The zero-order valence-corrected chi connectivity index (χ0v) is 20.5. The van der Waals surface area contributed by atoms with E-state index in [1.54, 1.807) is 56.3 Å². The Kier molecular flexibility index (Phi) is 7.29. The molecule has 0 spiro atoms. The van der Waals surface area contributed by atoms with Crippen LogP contribution in [0.3, 0.4) is 0 Å². The van der Waals surface area contributed by atoms with Gasteiger partial charge in [-0.3, -0.25) is 9.59 Å². The molecule has 2 N–H and O–H groups in total. The predicted octanol–water partition coefficient (Wildman–Crippen LogP) is 6.05. The summed E-state index contributed by atoms with van der Waals surface area (Å²) in [5.74, 6) is -1.03. The fourth-order valence-corrected chi connectivity index (χ4v) is 5.90. The minimum absolute atomic E-state index is 0.0514. The van der Waals surface area contributed by atoms with Crippen LogP contribution in [0.1, 0.15) is 39.4 Å². The van der Waals surface area contributed by atoms with Gasteiger partial charge >= 0.3 is 0 Å². The predicted molar refractivity (Wildman–Crippen MR) is 130 cm³/mol. The smallest absolute Gasteiger partial charge is 0.267 e. The maximum Gasteiger partial charge on any atom is 0.267 e. The maximum atomic E-state index is 12.9. The number of thiophene rings is 1. The summed E-state index contributed by atoms with van der Waals surface area (Å²) >= 11 is 13.1. The minimum Gasteiger partial charge on any atom is -0.322 e. The number of aryl methyl sites for hydroxylation is 1. The number of halogens is 2. The summed E-state index contributed by atoms with van der Waals surface area (Å²) in [7, 11) is -3.63. The van der Waals surface area contributed by atoms with Crippen molar-refractivity contribution in [3.63, 3.8) is 0 Å². The number of hydrogen-bond acceptors (Lipinski definition) is 5. The van der Waals surface area contributed by atoms with Gasteiger partial charge in [0.2, 0.25) is 0 Å². The van der Waals surface area contributed by atoms with E-state index in [1.807, 2.05) is 6.92 Å².